The molecule has 0 unspecified atom stereocenters. The number of hydrogen-bond acceptors (Lipinski definition) is 3. The highest BCUT2D eigenvalue weighted by molar-refractivity contribution is 9.12. The van der Waals surface area contributed by atoms with Crippen LogP contribution in [0.2, 0.25) is 0 Å². The number of halogens is 1. The summed E-state index contributed by atoms with van der Waals surface area (Å²) in [4.78, 5) is 19.1. The van der Waals surface area contributed by atoms with Crippen molar-refractivity contribution in [3.8, 4) is 0 Å². The van der Waals surface area contributed by atoms with Crippen molar-refractivity contribution in [2.75, 3.05) is 0 Å². The lowest BCUT2D eigenvalue weighted by atomic mass is 10.2. The van der Waals surface area contributed by atoms with Gasteiger partial charge in [-0.3, -0.25) is 4.79 Å². The maximum absolute atomic E-state index is 12.1. The van der Waals surface area contributed by atoms with Gasteiger partial charge in [0.1, 0.15) is 0 Å². The molecule has 0 aliphatic heterocycles. The van der Waals surface area contributed by atoms with E-state index < -0.39 is 0 Å². The second kappa shape index (κ2) is 7.02. The topological polar surface area (TPSA) is 70.1 Å². The molecule has 2 aromatic carbocycles. The summed E-state index contributed by atoms with van der Waals surface area (Å²) in [5.41, 5.74) is 5.69. The average molecular weight is 369 g/mol. The van der Waals surface area contributed by atoms with Crippen molar-refractivity contribution in [2.24, 2.45) is 5.10 Å². The molecule has 0 radical (unpaired) electrons. The summed E-state index contributed by atoms with van der Waals surface area (Å²) in [6, 6.07) is 15.1. The summed E-state index contributed by atoms with van der Waals surface area (Å²) in [5, 5.41) is 3.95. The van der Waals surface area contributed by atoms with Crippen LogP contribution in [0.15, 0.2) is 64.4 Å². The maximum atomic E-state index is 12.1. The number of hydrogen-bond donors (Lipinski definition) is 2. The number of carbonyl (C=O) groups excluding carboxylic acids is 1. The quantitative estimate of drug-likeness (QED) is 0.544. The molecular formula is C17H13BrN4O. The van der Waals surface area contributed by atoms with Crippen LogP contribution in [0.1, 0.15) is 15.9 Å². The van der Waals surface area contributed by atoms with Crippen LogP contribution < -0.4 is 5.43 Å². The van der Waals surface area contributed by atoms with E-state index in [-0.39, 0.29) is 5.91 Å². The Morgan fingerprint density at radius 3 is 2.87 bits per heavy atom. The number of fused-ring (bicyclic) bond motifs is 1. The minimum absolute atomic E-state index is 0.280. The van der Waals surface area contributed by atoms with Crippen molar-refractivity contribution in [3.05, 3.63) is 70.5 Å². The molecule has 6 heteroatoms. The number of aromatic nitrogens is 2. The molecule has 0 atom stereocenters. The number of amides is 1. The molecule has 3 aromatic rings. The second-order valence-corrected chi connectivity index (χ2v) is 5.69. The molecule has 1 heterocycles. The van der Waals surface area contributed by atoms with E-state index in [2.05, 4.69) is 36.4 Å². The van der Waals surface area contributed by atoms with Crippen LogP contribution in [0.25, 0.3) is 17.1 Å². The number of carbonyl (C=O) groups is 1. The van der Waals surface area contributed by atoms with Crippen LogP contribution in [0.5, 0.6) is 0 Å². The number of nitrogens with one attached hydrogen (secondary N) is 2. The predicted molar refractivity (Wildman–Crippen MR) is 95.4 cm³/mol. The Balaban J connectivity index is 1.65. The van der Waals surface area contributed by atoms with Crippen LogP contribution in [-0.4, -0.2) is 22.1 Å². The van der Waals surface area contributed by atoms with Gasteiger partial charge < -0.3 is 4.98 Å². The molecule has 0 bridgehead atoms. The van der Waals surface area contributed by atoms with E-state index in [9.17, 15) is 4.79 Å². The number of rotatable bonds is 4. The minimum atomic E-state index is -0.280. The summed E-state index contributed by atoms with van der Waals surface area (Å²) in [6.45, 7) is 0. The average Bonchev–Trinajstić information content (AvgIpc) is 3.03. The molecule has 1 amide bonds. The molecule has 1 aromatic heterocycles. The van der Waals surface area contributed by atoms with Crippen molar-refractivity contribution in [2.45, 2.75) is 0 Å². The summed E-state index contributed by atoms with van der Waals surface area (Å²) in [6.07, 6.45) is 5.04. The fraction of sp³-hybridized carbons (Fsp3) is 0. The Labute approximate surface area is 141 Å². The van der Waals surface area contributed by atoms with Gasteiger partial charge in [-0.15, -0.1) is 0 Å². The first-order chi connectivity index (χ1) is 11.2. The molecule has 114 valence electrons. The summed E-state index contributed by atoms with van der Waals surface area (Å²) in [5.74, 6) is -0.280. The van der Waals surface area contributed by atoms with Crippen molar-refractivity contribution < 1.29 is 4.79 Å². The highest BCUT2D eigenvalue weighted by Crippen LogP contribution is 2.12. The molecule has 0 aliphatic rings. The molecule has 0 saturated carbocycles. The van der Waals surface area contributed by atoms with E-state index in [4.69, 9.17) is 0 Å². The standard InChI is InChI=1S/C17H13BrN4O/c18-14(8-12-4-2-1-3-5-12)10-21-22-17(23)13-6-7-15-16(9-13)20-11-19-15/h1-11H,(H,19,20)(H,22,23)/b14-8+,21-10-. The Bertz CT molecular complexity index is 884. The third-order valence-corrected chi connectivity index (χ3v) is 3.57. The van der Waals surface area contributed by atoms with Gasteiger partial charge in [0.2, 0.25) is 0 Å². The van der Waals surface area contributed by atoms with E-state index in [1.165, 1.54) is 0 Å². The number of hydrazone groups is 1. The van der Waals surface area contributed by atoms with E-state index in [0.29, 0.717) is 5.56 Å². The largest absolute Gasteiger partial charge is 0.345 e. The molecule has 23 heavy (non-hydrogen) atoms. The van der Waals surface area contributed by atoms with Gasteiger partial charge >= 0.3 is 0 Å². The molecule has 2 N–H and O–H groups in total. The molecule has 0 aliphatic carbocycles. The van der Waals surface area contributed by atoms with Crippen LogP contribution in [0, 0.1) is 0 Å². The highest BCUT2D eigenvalue weighted by Gasteiger charge is 2.06. The number of benzene rings is 2. The Morgan fingerprint density at radius 2 is 2.04 bits per heavy atom. The van der Waals surface area contributed by atoms with Crippen LogP contribution in [-0.2, 0) is 0 Å². The first-order valence-electron chi connectivity index (χ1n) is 6.91. The number of allylic oxidation sites excluding steroid dienone is 1. The van der Waals surface area contributed by atoms with E-state index in [1.54, 1.807) is 30.7 Å². The Hall–Kier alpha value is -2.73. The third kappa shape index (κ3) is 3.92. The van der Waals surface area contributed by atoms with Gasteiger partial charge in [-0.25, -0.2) is 10.4 Å². The van der Waals surface area contributed by atoms with Crippen LogP contribution in [0.3, 0.4) is 0 Å². The lowest BCUT2D eigenvalue weighted by Crippen LogP contribution is -2.17. The van der Waals surface area contributed by atoms with Crippen molar-refractivity contribution in [3.63, 3.8) is 0 Å². The van der Waals surface area contributed by atoms with E-state index in [1.807, 2.05) is 36.4 Å². The van der Waals surface area contributed by atoms with Crippen LogP contribution in [0.4, 0.5) is 0 Å². The molecule has 0 spiro atoms. The molecular weight excluding hydrogens is 356 g/mol. The van der Waals surface area contributed by atoms with Gasteiger partial charge in [0.25, 0.3) is 5.91 Å². The maximum Gasteiger partial charge on any atom is 0.271 e. The lowest BCUT2D eigenvalue weighted by Gasteiger charge is -1.99. The van der Waals surface area contributed by atoms with E-state index in [0.717, 1.165) is 21.1 Å². The lowest BCUT2D eigenvalue weighted by molar-refractivity contribution is 0.0955. The second-order valence-electron chi connectivity index (χ2n) is 4.77. The van der Waals surface area contributed by atoms with Crippen molar-refractivity contribution >= 4 is 45.2 Å². The zero-order valence-electron chi connectivity index (χ0n) is 12.0. The number of aromatic amines is 1. The van der Waals surface area contributed by atoms with Gasteiger partial charge in [0.05, 0.1) is 23.6 Å². The van der Waals surface area contributed by atoms with Gasteiger partial charge in [0, 0.05) is 10.0 Å². The fourth-order valence-electron chi connectivity index (χ4n) is 2.04. The van der Waals surface area contributed by atoms with E-state index >= 15 is 0 Å². The first kappa shape index (κ1) is 15.2. The Morgan fingerprint density at radius 1 is 1.22 bits per heavy atom. The molecule has 0 fully saturated rings. The van der Waals surface area contributed by atoms with Gasteiger partial charge in [-0.2, -0.15) is 5.10 Å². The monoisotopic (exact) mass is 368 g/mol. The Kier molecular flexibility index (Phi) is 4.63. The minimum Gasteiger partial charge on any atom is -0.345 e. The molecule has 0 saturated heterocycles. The number of nitrogens with zero attached hydrogens (tertiary/aromatic N) is 2. The SMILES string of the molecule is O=C(N/N=C\C(Br)=C/c1ccccc1)c1ccc2nc[nH]c2c1. The normalized spacial score (nSPS) is 12.0. The summed E-state index contributed by atoms with van der Waals surface area (Å²) >= 11 is 3.40. The van der Waals surface area contributed by atoms with Gasteiger partial charge in [0.15, 0.2) is 0 Å². The third-order valence-electron chi connectivity index (χ3n) is 3.14. The fourth-order valence-corrected chi connectivity index (χ4v) is 2.41. The van der Waals surface area contributed by atoms with Crippen molar-refractivity contribution in [1.82, 2.24) is 15.4 Å². The zero-order valence-corrected chi connectivity index (χ0v) is 13.6. The highest BCUT2D eigenvalue weighted by atomic mass is 79.9. The summed E-state index contributed by atoms with van der Waals surface area (Å²) in [7, 11) is 0. The van der Waals surface area contributed by atoms with Gasteiger partial charge in [-0.1, -0.05) is 30.3 Å². The van der Waals surface area contributed by atoms with Crippen LogP contribution >= 0.6 is 15.9 Å². The smallest absolute Gasteiger partial charge is 0.271 e. The predicted octanol–water partition coefficient (Wildman–Crippen LogP) is 3.71. The molecule has 5 nitrogen and oxygen atoms in total. The van der Waals surface area contributed by atoms with Crippen molar-refractivity contribution in [1.29, 1.82) is 0 Å². The summed E-state index contributed by atoms with van der Waals surface area (Å²) < 4.78 is 0.757. The molecule has 3 rings (SSSR count). The van der Waals surface area contributed by atoms with Gasteiger partial charge in [-0.05, 0) is 45.8 Å². The number of imidazole rings is 1. The zero-order chi connectivity index (χ0) is 16.1. The number of H-pyrrole nitrogens is 1. The first-order valence-corrected chi connectivity index (χ1v) is 7.70.